The maximum absolute atomic E-state index is 12.7. The minimum atomic E-state index is -0.00364. The fourth-order valence-electron chi connectivity index (χ4n) is 4.07. The normalized spacial score (nSPS) is 31.1. The van der Waals surface area contributed by atoms with Crippen LogP contribution < -0.4 is 0 Å². The largest absolute Gasteiger partial charge is 0.375 e. The molecule has 130 valence electrons. The highest BCUT2D eigenvalue weighted by Gasteiger charge is 2.40. The molecule has 0 bridgehead atoms. The van der Waals surface area contributed by atoms with Gasteiger partial charge < -0.3 is 19.1 Å². The van der Waals surface area contributed by atoms with Crippen LogP contribution in [0.5, 0.6) is 0 Å². The zero-order chi connectivity index (χ0) is 16.1. The van der Waals surface area contributed by atoms with Gasteiger partial charge >= 0.3 is 0 Å². The molecule has 2 saturated heterocycles. The van der Waals surface area contributed by atoms with Gasteiger partial charge in [0.05, 0.1) is 12.7 Å². The number of rotatable bonds is 4. The van der Waals surface area contributed by atoms with Crippen molar-refractivity contribution in [1.29, 1.82) is 0 Å². The number of hydrogen-bond donors (Lipinski definition) is 0. The maximum Gasteiger partial charge on any atom is 0.276 e. The lowest BCUT2D eigenvalue weighted by Crippen LogP contribution is -2.35. The maximum atomic E-state index is 12.7. The van der Waals surface area contributed by atoms with Crippen LogP contribution in [0.3, 0.4) is 0 Å². The Balaban J connectivity index is 1.24. The third-order valence-corrected chi connectivity index (χ3v) is 5.84. The Morgan fingerprint density at radius 2 is 2.08 bits per heavy atom. The Morgan fingerprint density at radius 3 is 2.88 bits per heavy atom. The molecular weight excluding hydrogens is 306 g/mol. The van der Waals surface area contributed by atoms with Gasteiger partial charge in [0.1, 0.15) is 5.76 Å². The second-order valence-corrected chi connectivity index (χ2v) is 7.97. The smallest absolute Gasteiger partial charge is 0.276 e. The van der Waals surface area contributed by atoms with Crippen molar-refractivity contribution in [2.75, 3.05) is 39.3 Å². The molecule has 0 spiro atoms. The number of nitrogens with zero attached hydrogens (tertiary/aromatic N) is 3. The fraction of sp³-hybridized carbons (Fsp3) is 0.778. The summed E-state index contributed by atoms with van der Waals surface area (Å²) >= 11 is 0. The Kier molecular flexibility index (Phi) is 3.63. The molecule has 2 atom stereocenters. The molecule has 2 saturated carbocycles. The number of likely N-dealkylation sites (tertiary alicyclic amines) is 1. The van der Waals surface area contributed by atoms with Gasteiger partial charge in [-0.1, -0.05) is 5.16 Å². The molecule has 0 aromatic carbocycles. The molecule has 2 aliphatic heterocycles. The van der Waals surface area contributed by atoms with E-state index < -0.39 is 0 Å². The van der Waals surface area contributed by atoms with Crippen LogP contribution in [0.2, 0.25) is 0 Å². The molecule has 6 nitrogen and oxygen atoms in total. The standard InChI is InChI=1S/C18H25N3O3/c22-18(15-7-16(24-19-15)13-3-4-13)21-10-14-9-20(8-12-1-2-12)5-6-23-17(14)11-21/h7,12-14,17H,1-6,8-11H2/t14-,17+/m0/s1. The molecule has 0 N–H and O–H groups in total. The summed E-state index contributed by atoms with van der Waals surface area (Å²) in [6.07, 6.45) is 5.24. The summed E-state index contributed by atoms with van der Waals surface area (Å²) in [4.78, 5) is 17.2. The molecular formula is C18H25N3O3. The van der Waals surface area contributed by atoms with Crippen molar-refractivity contribution in [2.45, 2.75) is 37.7 Å². The molecule has 1 aromatic rings. The lowest BCUT2D eigenvalue weighted by Gasteiger charge is -2.23. The van der Waals surface area contributed by atoms with Crippen LogP contribution in [-0.4, -0.2) is 66.3 Å². The number of fused-ring (bicyclic) bond motifs is 1. The van der Waals surface area contributed by atoms with Crippen molar-refractivity contribution in [3.8, 4) is 0 Å². The van der Waals surface area contributed by atoms with Crippen molar-refractivity contribution >= 4 is 5.91 Å². The van der Waals surface area contributed by atoms with Crippen LogP contribution in [0.1, 0.15) is 47.8 Å². The van der Waals surface area contributed by atoms with E-state index in [-0.39, 0.29) is 12.0 Å². The molecule has 1 amide bonds. The Bertz CT molecular complexity index is 623. The van der Waals surface area contributed by atoms with E-state index in [1.54, 1.807) is 0 Å². The van der Waals surface area contributed by atoms with Gasteiger partial charge in [-0.15, -0.1) is 0 Å². The second kappa shape index (κ2) is 5.85. The average Bonchev–Trinajstić information content (AvgIpc) is 3.51. The topological polar surface area (TPSA) is 58.8 Å². The van der Waals surface area contributed by atoms with Gasteiger partial charge in [-0.25, -0.2) is 0 Å². The van der Waals surface area contributed by atoms with Gasteiger partial charge in [-0.05, 0) is 31.6 Å². The van der Waals surface area contributed by atoms with Crippen molar-refractivity contribution in [3.05, 3.63) is 17.5 Å². The number of ether oxygens (including phenoxy) is 1. The Labute approximate surface area is 142 Å². The zero-order valence-electron chi connectivity index (χ0n) is 14.0. The van der Waals surface area contributed by atoms with Gasteiger partial charge in [0.15, 0.2) is 5.69 Å². The third kappa shape index (κ3) is 2.97. The summed E-state index contributed by atoms with van der Waals surface area (Å²) in [5.41, 5.74) is 0.461. The van der Waals surface area contributed by atoms with E-state index in [0.717, 1.165) is 50.8 Å². The summed E-state index contributed by atoms with van der Waals surface area (Å²) in [7, 11) is 0. The predicted octanol–water partition coefficient (Wildman–Crippen LogP) is 1.73. The molecule has 0 unspecified atom stereocenters. The molecule has 2 aliphatic carbocycles. The van der Waals surface area contributed by atoms with Crippen molar-refractivity contribution in [1.82, 2.24) is 15.0 Å². The van der Waals surface area contributed by atoms with Crippen LogP contribution in [0.4, 0.5) is 0 Å². The molecule has 5 rings (SSSR count). The Morgan fingerprint density at radius 1 is 1.21 bits per heavy atom. The van der Waals surface area contributed by atoms with Crippen molar-refractivity contribution < 1.29 is 14.1 Å². The first kappa shape index (κ1) is 14.9. The molecule has 3 heterocycles. The van der Waals surface area contributed by atoms with Crippen LogP contribution in [0, 0.1) is 11.8 Å². The van der Waals surface area contributed by atoms with E-state index in [1.165, 1.54) is 19.4 Å². The zero-order valence-corrected chi connectivity index (χ0v) is 14.0. The van der Waals surface area contributed by atoms with E-state index in [1.807, 2.05) is 11.0 Å². The number of aromatic nitrogens is 1. The summed E-state index contributed by atoms with van der Waals surface area (Å²) in [6.45, 7) is 5.53. The van der Waals surface area contributed by atoms with E-state index >= 15 is 0 Å². The monoisotopic (exact) mass is 331 g/mol. The summed E-state index contributed by atoms with van der Waals surface area (Å²) < 4.78 is 11.4. The lowest BCUT2D eigenvalue weighted by atomic mass is 10.1. The molecule has 6 heteroatoms. The average molecular weight is 331 g/mol. The third-order valence-electron chi connectivity index (χ3n) is 5.84. The highest BCUT2D eigenvalue weighted by atomic mass is 16.5. The predicted molar refractivity (Wildman–Crippen MR) is 86.8 cm³/mol. The first-order chi connectivity index (χ1) is 11.8. The quantitative estimate of drug-likeness (QED) is 0.841. The number of hydrogen-bond acceptors (Lipinski definition) is 5. The van der Waals surface area contributed by atoms with Crippen molar-refractivity contribution in [3.63, 3.8) is 0 Å². The van der Waals surface area contributed by atoms with Gasteiger partial charge in [0.2, 0.25) is 0 Å². The first-order valence-electron chi connectivity index (χ1n) is 9.36. The van der Waals surface area contributed by atoms with Gasteiger partial charge in [0.25, 0.3) is 5.91 Å². The summed E-state index contributed by atoms with van der Waals surface area (Å²) in [5.74, 6) is 2.68. The van der Waals surface area contributed by atoms with E-state index in [9.17, 15) is 4.79 Å². The van der Waals surface area contributed by atoms with Crippen molar-refractivity contribution in [2.24, 2.45) is 11.8 Å². The molecule has 4 fully saturated rings. The molecule has 4 aliphatic rings. The number of carbonyl (C=O) groups is 1. The molecule has 1 aromatic heterocycles. The number of carbonyl (C=O) groups excluding carboxylic acids is 1. The summed E-state index contributed by atoms with van der Waals surface area (Å²) in [5, 5.41) is 4.00. The number of amides is 1. The van der Waals surface area contributed by atoms with Gasteiger partial charge in [-0.3, -0.25) is 4.79 Å². The van der Waals surface area contributed by atoms with Crippen LogP contribution in [0.25, 0.3) is 0 Å². The SMILES string of the molecule is O=C(c1cc(C2CC2)on1)N1C[C@@H]2CN(CC3CC3)CCO[C@@H]2C1. The second-order valence-electron chi connectivity index (χ2n) is 7.97. The first-order valence-corrected chi connectivity index (χ1v) is 9.36. The fourth-order valence-corrected chi connectivity index (χ4v) is 4.07. The minimum Gasteiger partial charge on any atom is -0.375 e. The molecule has 0 radical (unpaired) electrons. The van der Waals surface area contributed by atoms with E-state index in [0.29, 0.717) is 24.1 Å². The van der Waals surface area contributed by atoms with E-state index in [2.05, 4.69) is 10.1 Å². The lowest BCUT2D eigenvalue weighted by molar-refractivity contribution is 0.0481. The highest BCUT2D eigenvalue weighted by Crippen LogP contribution is 2.40. The van der Waals surface area contributed by atoms with E-state index in [4.69, 9.17) is 9.26 Å². The van der Waals surface area contributed by atoms with Gasteiger partial charge in [-0.2, -0.15) is 0 Å². The molecule has 24 heavy (non-hydrogen) atoms. The van der Waals surface area contributed by atoms with Crippen LogP contribution >= 0.6 is 0 Å². The minimum absolute atomic E-state index is 0.00364. The van der Waals surface area contributed by atoms with Crippen LogP contribution in [0.15, 0.2) is 10.6 Å². The van der Waals surface area contributed by atoms with Crippen LogP contribution in [-0.2, 0) is 4.74 Å². The Hall–Kier alpha value is -1.40. The highest BCUT2D eigenvalue weighted by molar-refractivity contribution is 5.92. The summed E-state index contributed by atoms with van der Waals surface area (Å²) in [6, 6.07) is 1.84. The van der Waals surface area contributed by atoms with Gasteiger partial charge in [0, 0.05) is 50.6 Å².